The van der Waals surface area contributed by atoms with Crippen molar-refractivity contribution in [2.75, 3.05) is 41.0 Å². The molecule has 0 amide bonds. The van der Waals surface area contributed by atoms with Gasteiger partial charge in [-0.3, -0.25) is 9.59 Å². The number of hydrogen-bond donors (Lipinski definition) is 0. The molecule has 0 aromatic carbocycles. The Labute approximate surface area is 327 Å². The Morgan fingerprint density at radius 1 is 0.491 bits per heavy atom. The number of hydrogen-bond acceptors (Lipinski definition) is 7. The van der Waals surface area contributed by atoms with E-state index in [-0.39, 0.29) is 42.7 Å². The molecule has 0 saturated carbocycles. The topological polar surface area (TPSA) is 102 Å². The van der Waals surface area contributed by atoms with E-state index in [1.165, 1.54) is 148 Å². The van der Waals surface area contributed by atoms with Crippen LogP contribution in [0.15, 0.2) is 0 Å². The van der Waals surface area contributed by atoms with Crippen molar-refractivity contribution in [3.63, 3.8) is 0 Å². The second kappa shape index (κ2) is 37.3. The molecule has 53 heavy (non-hydrogen) atoms. The summed E-state index contributed by atoms with van der Waals surface area (Å²) < 4.78 is 17.2. The number of carbonyl (C=O) groups excluding carboxylic acids is 3. The fourth-order valence-corrected chi connectivity index (χ4v) is 6.95. The molecule has 0 aromatic rings. The van der Waals surface area contributed by atoms with Gasteiger partial charge >= 0.3 is 11.9 Å². The highest BCUT2D eigenvalue weighted by Gasteiger charge is 2.25. The highest BCUT2D eigenvalue weighted by Crippen LogP contribution is 2.16. The van der Waals surface area contributed by atoms with E-state index in [1.807, 2.05) is 0 Å². The van der Waals surface area contributed by atoms with E-state index in [2.05, 4.69) is 13.8 Å². The van der Waals surface area contributed by atoms with Gasteiger partial charge in [0.05, 0.1) is 40.3 Å². The monoisotopic (exact) mass is 754 g/mol. The largest absolute Gasteiger partial charge is 0.544 e. The van der Waals surface area contributed by atoms with Gasteiger partial charge in [-0.15, -0.1) is 0 Å². The van der Waals surface area contributed by atoms with Crippen molar-refractivity contribution in [3.8, 4) is 0 Å². The summed E-state index contributed by atoms with van der Waals surface area (Å²) in [6.45, 7) is 4.69. The zero-order valence-corrected chi connectivity index (χ0v) is 35.7. The lowest BCUT2D eigenvalue weighted by molar-refractivity contribution is -0.889. The number of rotatable bonds is 41. The molecule has 0 aliphatic carbocycles. The molecule has 0 saturated heterocycles. The lowest BCUT2D eigenvalue weighted by Crippen LogP contribution is -2.55. The Balaban J connectivity index is 4.25. The van der Waals surface area contributed by atoms with Crippen LogP contribution in [-0.4, -0.2) is 75.5 Å². The van der Waals surface area contributed by atoms with Crippen LogP contribution in [-0.2, 0) is 28.6 Å². The average Bonchev–Trinajstić information content (AvgIpc) is 3.11. The van der Waals surface area contributed by atoms with Crippen molar-refractivity contribution in [3.05, 3.63) is 0 Å². The number of likely N-dealkylation sites (N-methyl/N-ethyl adjacent to an activating group) is 1. The van der Waals surface area contributed by atoms with Crippen LogP contribution in [0.3, 0.4) is 0 Å². The molecule has 0 rings (SSSR count). The molecule has 0 bridgehead atoms. The molecule has 0 aliphatic heterocycles. The third-order valence-corrected chi connectivity index (χ3v) is 10.5. The van der Waals surface area contributed by atoms with Gasteiger partial charge in [0.1, 0.15) is 12.6 Å². The van der Waals surface area contributed by atoms with Crippen LogP contribution in [0.1, 0.15) is 219 Å². The predicted molar refractivity (Wildman–Crippen MR) is 218 cm³/mol. The molecule has 8 nitrogen and oxygen atoms in total. The fourth-order valence-electron chi connectivity index (χ4n) is 6.95. The number of carboxylic acids is 1. The second-order valence-corrected chi connectivity index (χ2v) is 16.7. The number of carbonyl (C=O) groups is 3. The molecule has 0 aliphatic rings. The maximum atomic E-state index is 12.7. The smallest absolute Gasteiger partial charge is 0.306 e. The molecule has 314 valence electrons. The number of unbranched alkanes of at least 4 members (excludes halogenated alkanes) is 27. The van der Waals surface area contributed by atoms with Gasteiger partial charge < -0.3 is 28.6 Å². The van der Waals surface area contributed by atoms with Crippen LogP contribution in [0.25, 0.3) is 0 Å². The van der Waals surface area contributed by atoms with Crippen LogP contribution >= 0.6 is 0 Å². The van der Waals surface area contributed by atoms with Crippen molar-refractivity contribution in [1.29, 1.82) is 0 Å². The summed E-state index contributed by atoms with van der Waals surface area (Å²) in [4.78, 5) is 36.8. The van der Waals surface area contributed by atoms with Gasteiger partial charge in [-0.2, -0.15) is 0 Å². The minimum atomic E-state index is -1.12. The fraction of sp³-hybridized carbons (Fsp3) is 0.933. The third-order valence-electron chi connectivity index (χ3n) is 10.5. The highest BCUT2D eigenvalue weighted by molar-refractivity contribution is 5.70. The van der Waals surface area contributed by atoms with Crippen LogP contribution in [0.2, 0.25) is 0 Å². The number of aliphatic carboxylic acids is 1. The first-order chi connectivity index (χ1) is 25.6. The molecule has 0 radical (unpaired) electrons. The molecular weight excluding hydrogens is 666 g/mol. The van der Waals surface area contributed by atoms with Crippen LogP contribution in [0, 0.1) is 0 Å². The highest BCUT2D eigenvalue weighted by atomic mass is 16.6. The van der Waals surface area contributed by atoms with Gasteiger partial charge in [0.2, 0.25) is 0 Å². The molecule has 8 heteroatoms. The molecule has 2 unspecified atom stereocenters. The van der Waals surface area contributed by atoms with E-state index in [4.69, 9.17) is 14.2 Å². The summed E-state index contributed by atoms with van der Waals surface area (Å²) in [5, 5.41) is 11.6. The quantitative estimate of drug-likeness (QED) is 0.0348. The minimum Gasteiger partial charge on any atom is -0.544 e. The Hall–Kier alpha value is -1.67. The number of esters is 2. The Bertz CT molecular complexity index is 843. The molecular formula is C45H87NO7. The van der Waals surface area contributed by atoms with Gasteiger partial charge in [-0.05, 0) is 12.8 Å². The van der Waals surface area contributed by atoms with E-state index < -0.39 is 18.1 Å². The van der Waals surface area contributed by atoms with Gasteiger partial charge in [-0.1, -0.05) is 187 Å². The van der Waals surface area contributed by atoms with E-state index >= 15 is 0 Å². The van der Waals surface area contributed by atoms with E-state index in [0.29, 0.717) is 12.8 Å². The van der Waals surface area contributed by atoms with Gasteiger partial charge in [0.15, 0.2) is 6.10 Å². The van der Waals surface area contributed by atoms with Crippen molar-refractivity contribution in [2.45, 2.75) is 231 Å². The van der Waals surface area contributed by atoms with E-state index in [9.17, 15) is 19.5 Å². The first kappa shape index (κ1) is 51.3. The molecule has 0 aromatic heterocycles. The van der Waals surface area contributed by atoms with Crippen molar-refractivity contribution in [2.24, 2.45) is 0 Å². The maximum Gasteiger partial charge on any atom is 0.306 e. The summed E-state index contributed by atoms with van der Waals surface area (Å²) in [6, 6.07) is -0.718. The summed E-state index contributed by atoms with van der Waals surface area (Å²) in [5.74, 6) is -1.71. The van der Waals surface area contributed by atoms with Crippen molar-refractivity contribution in [1.82, 2.24) is 0 Å². The Morgan fingerprint density at radius 3 is 1.17 bits per heavy atom. The summed E-state index contributed by atoms with van der Waals surface area (Å²) >= 11 is 0. The summed E-state index contributed by atoms with van der Waals surface area (Å²) in [7, 11) is 5.42. The number of carboxylic acid groups (broad SMARTS) is 1. The summed E-state index contributed by atoms with van der Waals surface area (Å²) in [6.07, 6.45) is 36.9. The first-order valence-corrected chi connectivity index (χ1v) is 22.6. The Kier molecular flexibility index (Phi) is 36.1. The normalized spacial score (nSPS) is 12.8. The standard InChI is InChI=1S/C45H87NO7/c1-6-8-10-12-14-16-18-20-21-22-23-24-26-27-29-31-33-35-43(47)52-40-41(39-51-38-37-42(45(49)50)46(3,4)5)53-44(48)36-34-32-30-28-25-19-17-15-13-11-9-7-2/h41-42H,6-40H2,1-5H3. The molecule has 0 heterocycles. The zero-order chi connectivity index (χ0) is 39.3. The third kappa shape index (κ3) is 35.8. The van der Waals surface area contributed by atoms with Gasteiger partial charge in [0.25, 0.3) is 0 Å². The lowest BCUT2D eigenvalue weighted by Gasteiger charge is -2.34. The molecule has 0 N–H and O–H groups in total. The van der Waals surface area contributed by atoms with Crippen LogP contribution in [0.4, 0.5) is 0 Å². The molecule has 0 fully saturated rings. The van der Waals surface area contributed by atoms with Gasteiger partial charge in [-0.25, -0.2) is 0 Å². The SMILES string of the molecule is CCCCCCCCCCCCCCCCCCCC(=O)OCC(COCCC(C(=O)[O-])[N+](C)(C)C)OC(=O)CCCCCCCCCCCCCC. The number of quaternary nitrogens is 1. The lowest BCUT2D eigenvalue weighted by atomic mass is 10.0. The van der Waals surface area contributed by atoms with E-state index in [1.54, 1.807) is 21.1 Å². The van der Waals surface area contributed by atoms with E-state index in [0.717, 1.165) is 38.5 Å². The number of ether oxygens (including phenoxy) is 3. The molecule has 2 atom stereocenters. The minimum absolute atomic E-state index is 0.0491. The first-order valence-electron chi connectivity index (χ1n) is 22.6. The average molecular weight is 754 g/mol. The number of nitrogens with zero attached hydrogens (tertiary/aromatic N) is 1. The zero-order valence-electron chi connectivity index (χ0n) is 35.7. The predicted octanol–water partition coefficient (Wildman–Crippen LogP) is 10.8. The second-order valence-electron chi connectivity index (χ2n) is 16.7. The molecule has 0 spiro atoms. The maximum absolute atomic E-state index is 12.7. The summed E-state index contributed by atoms with van der Waals surface area (Å²) in [5.41, 5.74) is 0. The van der Waals surface area contributed by atoms with Crippen molar-refractivity contribution >= 4 is 17.9 Å². The van der Waals surface area contributed by atoms with Crippen LogP contribution < -0.4 is 5.11 Å². The Morgan fingerprint density at radius 2 is 0.830 bits per heavy atom. The van der Waals surface area contributed by atoms with Crippen molar-refractivity contribution < 1.29 is 38.2 Å². The van der Waals surface area contributed by atoms with Gasteiger partial charge in [0, 0.05) is 19.3 Å². The van der Waals surface area contributed by atoms with Crippen LogP contribution in [0.5, 0.6) is 0 Å².